The van der Waals surface area contributed by atoms with Gasteiger partial charge in [0.15, 0.2) is 0 Å². The first-order chi connectivity index (χ1) is 8.79. The second kappa shape index (κ2) is 6.63. The molecule has 0 amide bonds. The van der Waals surface area contributed by atoms with Crippen LogP contribution in [0.5, 0.6) is 0 Å². The molecule has 0 aliphatic heterocycles. The number of sulfonamides is 1. The van der Waals surface area contributed by atoms with Crippen LogP contribution in [0.2, 0.25) is 0 Å². The van der Waals surface area contributed by atoms with Crippen molar-refractivity contribution in [2.45, 2.75) is 25.7 Å². The zero-order valence-corrected chi connectivity index (χ0v) is 13.5. The van der Waals surface area contributed by atoms with Crippen LogP contribution in [0, 0.1) is 19.8 Å². The predicted molar refractivity (Wildman–Crippen MR) is 83.1 cm³/mol. The van der Waals surface area contributed by atoms with Gasteiger partial charge in [0.25, 0.3) is 0 Å². The molecule has 1 unspecified atom stereocenters. The molecule has 0 bridgehead atoms. The van der Waals surface area contributed by atoms with E-state index in [9.17, 15) is 8.42 Å². The van der Waals surface area contributed by atoms with Gasteiger partial charge in [-0.05, 0) is 42.9 Å². The normalized spacial score (nSPS) is 13.5. The monoisotopic (exact) mass is 302 g/mol. The Morgan fingerprint density at radius 2 is 1.89 bits per heavy atom. The molecule has 0 saturated carbocycles. The fraction of sp³-hybridized carbons (Fsp3) is 0.538. The fourth-order valence-electron chi connectivity index (χ4n) is 1.83. The molecule has 0 fully saturated rings. The molecule has 0 radical (unpaired) electrons. The summed E-state index contributed by atoms with van der Waals surface area (Å²) < 4.78 is 27.3. The van der Waals surface area contributed by atoms with Crippen molar-refractivity contribution in [1.29, 1.82) is 0 Å². The highest BCUT2D eigenvalue weighted by molar-refractivity contribution is 7.98. The Bertz CT molecular complexity index is 542. The lowest BCUT2D eigenvalue weighted by Gasteiger charge is -2.15. The van der Waals surface area contributed by atoms with Gasteiger partial charge in [-0.2, -0.15) is 11.8 Å². The Labute approximate surface area is 120 Å². The Balaban J connectivity index is 2.98. The second-order valence-electron chi connectivity index (χ2n) is 4.85. The Morgan fingerprint density at radius 3 is 2.47 bits per heavy atom. The Kier molecular flexibility index (Phi) is 5.70. The van der Waals surface area contributed by atoms with Crippen LogP contribution in [0.15, 0.2) is 17.0 Å². The van der Waals surface area contributed by atoms with E-state index in [1.807, 2.05) is 26.2 Å². The molecule has 3 N–H and O–H groups in total. The average Bonchev–Trinajstić information content (AvgIpc) is 2.32. The molecule has 1 aromatic carbocycles. The molecule has 6 heteroatoms. The van der Waals surface area contributed by atoms with E-state index in [2.05, 4.69) is 4.72 Å². The van der Waals surface area contributed by atoms with E-state index in [1.54, 1.807) is 24.8 Å². The minimum atomic E-state index is -3.54. The summed E-state index contributed by atoms with van der Waals surface area (Å²) >= 11 is 1.71. The van der Waals surface area contributed by atoms with Gasteiger partial charge in [0.2, 0.25) is 10.0 Å². The van der Waals surface area contributed by atoms with Crippen LogP contribution < -0.4 is 10.5 Å². The zero-order chi connectivity index (χ0) is 14.6. The summed E-state index contributed by atoms with van der Waals surface area (Å²) in [5.74, 6) is 1.21. The summed E-state index contributed by atoms with van der Waals surface area (Å²) in [4.78, 5) is 0.212. The van der Waals surface area contributed by atoms with Gasteiger partial charge in [0, 0.05) is 6.54 Å². The lowest BCUT2D eigenvalue weighted by atomic mass is 10.1. The standard InChI is InChI=1S/C13H22N2O2S2/c1-9(8-18-4)7-15-19(16,17)13-11(3)6-5-10(2)12(13)14/h5-6,9,15H,7-8,14H2,1-4H3. The molecule has 4 nitrogen and oxygen atoms in total. The van der Waals surface area contributed by atoms with Crippen molar-refractivity contribution in [3.05, 3.63) is 23.3 Å². The minimum Gasteiger partial charge on any atom is -0.397 e. The molecule has 19 heavy (non-hydrogen) atoms. The van der Waals surface area contributed by atoms with Gasteiger partial charge in [-0.25, -0.2) is 13.1 Å². The number of anilines is 1. The molecule has 0 aliphatic rings. The maximum absolute atomic E-state index is 12.3. The van der Waals surface area contributed by atoms with Gasteiger partial charge in [-0.3, -0.25) is 0 Å². The number of thioether (sulfide) groups is 1. The summed E-state index contributed by atoms with van der Waals surface area (Å²) in [5, 5.41) is 0. The van der Waals surface area contributed by atoms with Crippen molar-refractivity contribution in [3.8, 4) is 0 Å². The van der Waals surface area contributed by atoms with Crippen LogP contribution >= 0.6 is 11.8 Å². The Morgan fingerprint density at radius 1 is 1.32 bits per heavy atom. The van der Waals surface area contributed by atoms with Crippen LogP contribution in [-0.2, 0) is 10.0 Å². The van der Waals surface area contributed by atoms with Gasteiger partial charge in [-0.1, -0.05) is 19.1 Å². The highest BCUT2D eigenvalue weighted by Crippen LogP contribution is 2.25. The number of nitrogen functional groups attached to an aromatic ring is 1. The van der Waals surface area contributed by atoms with Gasteiger partial charge < -0.3 is 5.73 Å². The van der Waals surface area contributed by atoms with Gasteiger partial charge in [0.05, 0.1) is 5.69 Å². The summed E-state index contributed by atoms with van der Waals surface area (Å²) in [5.41, 5.74) is 7.70. The number of hydrogen-bond donors (Lipinski definition) is 2. The van der Waals surface area contributed by atoms with Crippen LogP contribution in [0.25, 0.3) is 0 Å². The van der Waals surface area contributed by atoms with Crippen LogP contribution in [-0.4, -0.2) is 27.0 Å². The van der Waals surface area contributed by atoms with Crippen LogP contribution in [0.3, 0.4) is 0 Å². The number of aryl methyl sites for hydroxylation is 2. The second-order valence-corrected chi connectivity index (χ2v) is 7.47. The third-order valence-electron chi connectivity index (χ3n) is 2.95. The topological polar surface area (TPSA) is 72.2 Å². The minimum absolute atomic E-state index is 0.212. The smallest absolute Gasteiger partial charge is 0.242 e. The lowest BCUT2D eigenvalue weighted by Crippen LogP contribution is -2.30. The molecule has 0 aliphatic carbocycles. The van der Waals surface area contributed by atoms with Crippen molar-refractivity contribution >= 4 is 27.5 Å². The largest absolute Gasteiger partial charge is 0.397 e. The summed E-state index contributed by atoms with van der Waals surface area (Å²) in [6, 6.07) is 3.62. The first kappa shape index (κ1) is 16.3. The molecular weight excluding hydrogens is 280 g/mol. The van der Waals surface area contributed by atoms with E-state index < -0.39 is 10.0 Å². The van der Waals surface area contributed by atoms with Gasteiger partial charge >= 0.3 is 0 Å². The lowest BCUT2D eigenvalue weighted by molar-refractivity contribution is 0.562. The molecule has 0 heterocycles. The van der Waals surface area contributed by atoms with E-state index in [-0.39, 0.29) is 10.8 Å². The van der Waals surface area contributed by atoms with E-state index >= 15 is 0 Å². The van der Waals surface area contributed by atoms with Gasteiger partial charge in [-0.15, -0.1) is 0 Å². The maximum Gasteiger partial charge on any atom is 0.242 e. The molecule has 1 rings (SSSR count). The summed E-state index contributed by atoms with van der Waals surface area (Å²) in [7, 11) is -3.54. The molecule has 0 aromatic heterocycles. The SMILES string of the molecule is CSCC(C)CNS(=O)(=O)c1c(C)ccc(C)c1N. The van der Waals surface area contributed by atoms with Crippen molar-refractivity contribution in [2.24, 2.45) is 5.92 Å². The van der Waals surface area contributed by atoms with Crippen molar-refractivity contribution < 1.29 is 8.42 Å². The number of nitrogens with one attached hydrogen (secondary N) is 1. The van der Waals surface area contributed by atoms with Crippen LogP contribution in [0.1, 0.15) is 18.1 Å². The molecule has 0 saturated heterocycles. The third-order valence-corrected chi connectivity index (χ3v) is 5.48. The average molecular weight is 302 g/mol. The van der Waals surface area contributed by atoms with Crippen molar-refractivity contribution in [1.82, 2.24) is 4.72 Å². The number of hydrogen-bond acceptors (Lipinski definition) is 4. The maximum atomic E-state index is 12.3. The predicted octanol–water partition coefficient (Wildman–Crippen LogP) is 2.16. The summed E-state index contributed by atoms with van der Waals surface area (Å²) in [6.07, 6.45) is 2.01. The molecule has 0 spiro atoms. The van der Waals surface area contributed by atoms with E-state index in [1.165, 1.54) is 0 Å². The Hall–Kier alpha value is -0.720. The summed E-state index contributed by atoms with van der Waals surface area (Å²) in [6.45, 7) is 6.02. The number of benzene rings is 1. The first-order valence-electron chi connectivity index (χ1n) is 6.14. The highest BCUT2D eigenvalue weighted by Gasteiger charge is 2.21. The molecule has 1 aromatic rings. The third kappa shape index (κ3) is 4.12. The van der Waals surface area contributed by atoms with E-state index in [0.29, 0.717) is 17.8 Å². The molecular formula is C13H22N2O2S2. The van der Waals surface area contributed by atoms with Crippen molar-refractivity contribution in [2.75, 3.05) is 24.3 Å². The van der Waals surface area contributed by atoms with Crippen molar-refractivity contribution in [3.63, 3.8) is 0 Å². The van der Waals surface area contributed by atoms with E-state index in [0.717, 1.165) is 11.3 Å². The number of rotatable bonds is 6. The zero-order valence-electron chi connectivity index (χ0n) is 11.9. The molecule has 1 atom stereocenters. The first-order valence-corrected chi connectivity index (χ1v) is 9.01. The van der Waals surface area contributed by atoms with E-state index in [4.69, 9.17) is 5.73 Å². The molecule has 108 valence electrons. The quantitative estimate of drug-likeness (QED) is 0.790. The highest BCUT2D eigenvalue weighted by atomic mass is 32.2. The number of nitrogens with two attached hydrogens (primary N) is 1. The van der Waals surface area contributed by atoms with Gasteiger partial charge in [0.1, 0.15) is 4.90 Å². The fourth-order valence-corrected chi connectivity index (χ4v) is 4.11. The van der Waals surface area contributed by atoms with Crippen LogP contribution in [0.4, 0.5) is 5.69 Å².